The molecule has 0 heterocycles. The predicted molar refractivity (Wildman–Crippen MR) is 78.2 cm³/mol. The quantitative estimate of drug-likeness (QED) is 0.601. The molecule has 122 valence electrons. The molecular weight excluding hydrogens is 296 g/mol. The average Bonchev–Trinajstić information content (AvgIpc) is 2.85. The molecule has 7 nitrogen and oxygen atoms in total. The van der Waals surface area contributed by atoms with Gasteiger partial charge >= 0.3 is 5.97 Å². The van der Waals surface area contributed by atoms with Crippen molar-refractivity contribution in [3.63, 3.8) is 0 Å². The van der Waals surface area contributed by atoms with Crippen molar-refractivity contribution in [3.8, 4) is 0 Å². The molecule has 0 aromatic rings. The normalized spacial score (nSPS) is 19.1. The summed E-state index contributed by atoms with van der Waals surface area (Å²) in [7, 11) is -3.47. The summed E-state index contributed by atoms with van der Waals surface area (Å²) in [6.07, 6.45) is 3.21. The third kappa shape index (κ3) is 4.96. The van der Waals surface area contributed by atoms with Gasteiger partial charge < -0.3 is 10.4 Å². The molecule has 1 amide bonds. The molecule has 0 bridgehead atoms. The van der Waals surface area contributed by atoms with Gasteiger partial charge in [-0.1, -0.05) is 19.8 Å². The van der Waals surface area contributed by atoms with E-state index in [0.717, 1.165) is 12.8 Å². The topological polar surface area (TPSA) is 113 Å². The van der Waals surface area contributed by atoms with E-state index in [1.165, 1.54) is 6.92 Å². The number of carbonyl (C=O) groups is 2. The molecule has 1 unspecified atom stereocenters. The lowest BCUT2D eigenvalue weighted by atomic mass is 9.86. The fourth-order valence-electron chi connectivity index (χ4n) is 2.58. The molecule has 0 aromatic carbocycles. The van der Waals surface area contributed by atoms with Crippen LogP contribution >= 0.6 is 0 Å². The molecule has 8 heteroatoms. The summed E-state index contributed by atoms with van der Waals surface area (Å²) >= 11 is 0. The van der Waals surface area contributed by atoms with Crippen molar-refractivity contribution in [2.24, 2.45) is 5.41 Å². The Morgan fingerprint density at radius 2 is 1.86 bits per heavy atom. The standard InChI is InChI=1S/C13H24N2O5S/c1-3-8-21(19,20)15-10(2)11(16)14-9-13(12(17)18)6-4-5-7-13/h10,15H,3-9H2,1-2H3,(H,14,16)(H,17,18). The zero-order chi connectivity index (χ0) is 16.1. The van der Waals surface area contributed by atoms with Gasteiger partial charge in [0.2, 0.25) is 15.9 Å². The number of carbonyl (C=O) groups excluding carboxylic acids is 1. The second kappa shape index (κ2) is 7.22. The summed E-state index contributed by atoms with van der Waals surface area (Å²) in [5, 5.41) is 11.9. The highest BCUT2D eigenvalue weighted by atomic mass is 32.2. The SMILES string of the molecule is CCCS(=O)(=O)NC(C)C(=O)NCC1(C(=O)O)CCCC1. The summed E-state index contributed by atoms with van der Waals surface area (Å²) < 4.78 is 25.5. The number of aliphatic carboxylic acids is 1. The molecule has 0 radical (unpaired) electrons. The lowest BCUT2D eigenvalue weighted by molar-refractivity contribution is -0.148. The highest BCUT2D eigenvalue weighted by Crippen LogP contribution is 2.37. The number of carboxylic acid groups (broad SMARTS) is 1. The summed E-state index contributed by atoms with van der Waals surface area (Å²) in [6, 6.07) is -0.909. The maximum absolute atomic E-state index is 11.9. The molecular formula is C13H24N2O5S. The number of nitrogens with one attached hydrogen (secondary N) is 2. The number of sulfonamides is 1. The van der Waals surface area contributed by atoms with E-state index in [1.54, 1.807) is 6.92 Å². The summed E-state index contributed by atoms with van der Waals surface area (Å²) in [5.74, 6) is -1.44. The van der Waals surface area contributed by atoms with Gasteiger partial charge in [-0.3, -0.25) is 9.59 Å². The van der Waals surface area contributed by atoms with Crippen molar-refractivity contribution in [1.82, 2.24) is 10.0 Å². The van der Waals surface area contributed by atoms with Crippen LogP contribution in [0, 0.1) is 5.41 Å². The highest BCUT2D eigenvalue weighted by molar-refractivity contribution is 7.89. The van der Waals surface area contributed by atoms with Crippen LogP contribution < -0.4 is 10.0 Å². The maximum atomic E-state index is 11.9. The van der Waals surface area contributed by atoms with Crippen LogP contribution in [0.4, 0.5) is 0 Å². The van der Waals surface area contributed by atoms with E-state index in [2.05, 4.69) is 10.0 Å². The second-order valence-corrected chi connectivity index (χ2v) is 7.54. The summed E-state index contributed by atoms with van der Waals surface area (Å²) in [4.78, 5) is 23.3. The third-order valence-corrected chi connectivity index (χ3v) is 5.50. The molecule has 0 aliphatic heterocycles. The molecule has 1 fully saturated rings. The maximum Gasteiger partial charge on any atom is 0.311 e. The molecule has 3 N–H and O–H groups in total. The minimum absolute atomic E-state index is 0.0380. The zero-order valence-corrected chi connectivity index (χ0v) is 13.3. The highest BCUT2D eigenvalue weighted by Gasteiger charge is 2.41. The fourth-order valence-corrected chi connectivity index (χ4v) is 3.88. The van der Waals surface area contributed by atoms with Gasteiger partial charge in [0.1, 0.15) is 0 Å². The molecule has 0 aromatic heterocycles. The van der Waals surface area contributed by atoms with Crippen LogP contribution in [0.25, 0.3) is 0 Å². The van der Waals surface area contributed by atoms with Gasteiger partial charge in [-0.05, 0) is 26.2 Å². The number of carboxylic acids is 1. The fraction of sp³-hybridized carbons (Fsp3) is 0.846. The lowest BCUT2D eigenvalue weighted by Gasteiger charge is -2.25. The van der Waals surface area contributed by atoms with Crippen molar-refractivity contribution < 1.29 is 23.1 Å². The first-order valence-corrected chi connectivity index (χ1v) is 8.89. The van der Waals surface area contributed by atoms with Crippen molar-refractivity contribution >= 4 is 21.9 Å². The Labute approximate surface area is 125 Å². The van der Waals surface area contributed by atoms with Crippen molar-refractivity contribution in [1.29, 1.82) is 0 Å². The smallest absolute Gasteiger partial charge is 0.311 e. The molecule has 0 saturated heterocycles. The van der Waals surface area contributed by atoms with Crippen LogP contribution in [0.15, 0.2) is 0 Å². The third-order valence-electron chi connectivity index (χ3n) is 3.84. The second-order valence-electron chi connectivity index (χ2n) is 5.67. The van der Waals surface area contributed by atoms with Gasteiger partial charge in [0, 0.05) is 6.54 Å². The van der Waals surface area contributed by atoms with E-state index in [4.69, 9.17) is 0 Å². The zero-order valence-electron chi connectivity index (χ0n) is 12.5. The van der Waals surface area contributed by atoms with Crippen molar-refractivity contribution in [3.05, 3.63) is 0 Å². The number of amides is 1. The lowest BCUT2D eigenvalue weighted by Crippen LogP contribution is -2.49. The van der Waals surface area contributed by atoms with E-state index < -0.39 is 33.4 Å². The summed E-state index contributed by atoms with van der Waals surface area (Å²) in [6.45, 7) is 3.23. The van der Waals surface area contributed by atoms with E-state index in [1.807, 2.05) is 0 Å². The van der Waals surface area contributed by atoms with Crippen LogP contribution in [0.3, 0.4) is 0 Å². The van der Waals surface area contributed by atoms with Crippen LogP contribution in [-0.2, 0) is 19.6 Å². The molecule has 0 spiro atoms. The predicted octanol–water partition coefficient (Wildman–Crippen LogP) is 0.466. The van der Waals surface area contributed by atoms with Crippen LogP contribution in [0.5, 0.6) is 0 Å². The Kier molecular flexibility index (Phi) is 6.15. The van der Waals surface area contributed by atoms with Gasteiger partial charge in [0.05, 0.1) is 17.2 Å². The molecule has 21 heavy (non-hydrogen) atoms. The number of hydrogen-bond acceptors (Lipinski definition) is 4. The van der Waals surface area contributed by atoms with Crippen LogP contribution in [-0.4, -0.2) is 43.7 Å². The van der Waals surface area contributed by atoms with Gasteiger partial charge in [-0.25, -0.2) is 13.1 Å². The Morgan fingerprint density at radius 1 is 1.29 bits per heavy atom. The van der Waals surface area contributed by atoms with Gasteiger partial charge in [0.15, 0.2) is 0 Å². The molecule has 1 atom stereocenters. The Balaban J connectivity index is 2.55. The Bertz CT molecular complexity index is 483. The molecule has 1 rings (SSSR count). The van der Waals surface area contributed by atoms with E-state index in [0.29, 0.717) is 19.3 Å². The summed E-state index contributed by atoms with van der Waals surface area (Å²) in [5.41, 5.74) is -0.905. The minimum Gasteiger partial charge on any atom is -0.481 e. The monoisotopic (exact) mass is 320 g/mol. The van der Waals surface area contributed by atoms with Crippen LogP contribution in [0.1, 0.15) is 46.0 Å². The Hall–Kier alpha value is -1.15. The first-order valence-electron chi connectivity index (χ1n) is 7.23. The first kappa shape index (κ1) is 17.9. The van der Waals surface area contributed by atoms with Crippen LogP contribution in [0.2, 0.25) is 0 Å². The molecule has 1 saturated carbocycles. The largest absolute Gasteiger partial charge is 0.481 e. The van der Waals surface area contributed by atoms with E-state index in [9.17, 15) is 23.1 Å². The number of hydrogen-bond donors (Lipinski definition) is 3. The van der Waals surface area contributed by atoms with Crippen molar-refractivity contribution in [2.45, 2.75) is 52.0 Å². The first-order chi connectivity index (χ1) is 9.72. The van der Waals surface area contributed by atoms with Gasteiger partial charge in [-0.2, -0.15) is 0 Å². The van der Waals surface area contributed by atoms with Crippen molar-refractivity contribution in [2.75, 3.05) is 12.3 Å². The molecule has 1 aliphatic rings. The number of rotatable bonds is 8. The van der Waals surface area contributed by atoms with E-state index >= 15 is 0 Å². The Morgan fingerprint density at radius 3 is 2.33 bits per heavy atom. The van der Waals surface area contributed by atoms with Gasteiger partial charge in [0.25, 0.3) is 0 Å². The van der Waals surface area contributed by atoms with Gasteiger partial charge in [-0.15, -0.1) is 0 Å². The molecule has 1 aliphatic carbocycles. The minimum atomic E-state index is -3.47. The van der Waals surface area contributed by atoms with E-state index in [-0.39, 0.29) is 12.3 Å². The average molecular weight is 320 g/mol.